The van der Waals surface area contributed by atoms with Crippen LogP contribution in [0.3, 0.4) is 0 Å². The molecule has 1 N–H and O–H groups in total. The fourth-order valence-corrected chi connectivity index (χ4v) is 2.30. The highest BCUT2D eigenvalue weighted by atomic mass is 32.1. The number of thiophene rings is 1. The minimum absolute atomic E-state index is 0.0789. The normalized spacial score (nSPS) is 11.4. The van der Waals surface area contributed by atoms with Crippen molar-refractivity contribution in [3.05, 3.63) is 34.3 Å². The topological polar surface area (TPSA) is 47.0 Å². The highest BCUT2D eigenvalue weighted by molar-refractivity contribution is 7.09. The molecule has 0 radical (unpaired) electrons. The predicted molar refractivity (Wildman–Crippen MR) is 74.7 cm³/mol. The highest BCUT2D eigenvalue weighted by Crippen LogP contribution is 2.28. The standard InChI is InChI=1S/C13H14F3N3OS/c1-2-17-10-8-11(19-12(18-10)13(14,15)16)20-6-5-9-4-3-7-21-9/h3-4,7-8H,2,5-6H2,1H3,(H,17,18,19). The van der Waals surface area contributed by atoms with Crippen LogP contribution in [0.2, 0.25) is 0 Å². The third-order valence-corrected chi connectivity index (χ3v) is 3.43. The van der Waals surface area contributed by atoms with Crippen LogP contribution in [0.4, 0.5) is 19.0 Å². The van der Waals surface area contributed by atoms with E-state index in [2.05, 4.69) is 15.3 Å². The first-order chi connectivity index (χ1) is 9.99. The molecule has 8 heteroatoms. The molecular weight excluding hydrogens is 303 g/mol. The van der Waals surface area contributed by atoms with Crippen LogP contribution in [-0.4, -0.2) is 23.1 Å². The van der Waals surface area contributed by atoms with Crippen molar-refractivity contribution in [2.24, 2.45) is 0 Å². The van der Waals surface area contributed by atoms with Gasteiger partial charge in [-0.3, -0.25) is 0 Å². The van der Waals surface area contributed by atoms with Gasteiger partial charge in [0.1, 0.15) is 5.82 Å². The van der Waals surface area contributed by atoms with Crippen molar-refractivity contribution in [3.8, 4) is 5.88 Å². The maximum Gasteiger partial charge on any atom is 0.451 e. The molecule has 2 aromatic heterocycles. The maximum absolute atomic E-state index is 12.7. The van der Waals surface area contributed by atoms with E-state index in [0.717, 1.165) is 4.88 Å². The van der Waals surface area contributed by atoms with Gasteiger partial charge in [-0.15, -0.1) is 11.3 Å². The molecule has 0 atom stereocenters. The Labute approximate surface area is 124 Å². The Balaban J connectivity index is 2.08. The van der Waals surface area contributed by atoms with E-state index in [1.54, 1.807) is 18.3 Å². The first-order valence-corrected chi connectivity index (χ1v) is 7.22. The Morgan fingerprint density at radius 3 is 2.76 bits per heavy atom. The zero-order valence-corrected chi connectivity index (χ0v) is 12.1. The van der Waals surface area contributed by atoms with E-state index in [-0.39, 0.29) is 18.3 Å². The summed E-state index contributed by atoms with van der Waals surface area (Å²) in [5.74, 6) is -1.18. The minimum atomic E-state index is -4.60. The summed E-state index contributed by atoms with van der Waals surface area (Å²) in [6.07, 6.45) is -3.98. The van der Waals surface area contributed by atoms with Crippen LogP contribution in [0.1, 0.15) is 17.6 Å². The van der Waals surface area contributed by atoms with E-state index in [0.29, 0.717) is 13.0 Å². The number of hydrogen-bond donors (Lipinski definition) is 1. The van der Waals surface area contributed by atoms with Gasteiger partial charge in [0.25, 0.3) is 0 Å². The van der Waals surface area contributed by atoms with Crippen LogP contribution in [0.15, 0.2) is 23.6 Å². The number of nitrogens with one attached hydrogen (secondary N) is 1. The summed E-state index contributed by atoms with van der Waals surface area (Å²) in [5.41, 5.74) is 0. The second-order valence-corrected chi connectivity index (χ2v) is 5.15. The molecule has 0 amide bonds. The Kier molecular flexibility index (Phi) is 5.00. The Morgan fingerprint density at radius 2 is 2.14 bits per heavy atom. The van der Waals surface area contributed by atoms with Crippen molar-refractivity contribution >= 4 is 17.2 Å². The fraction of sp³-hybridized carbons (Fsp3) is 0.385. The van der Waals surface area contributed by atoms with Gasteiger partial charge in [0.2, 0.25) is 11.7 Å². The maximum atomic E-state index is 12.7. The third-order valence-electron chi connectivity index (χ3n) is 2.49. The van der Waals surface area contributed by atoms with Crippen molar-refractivity contribution in [3.63, 3.8) is 0 Å². The van der Waals surface area contributed by atoms with E-state index < -0.39 is 12.0 Å². The zero-order valence-electron chi connectivity index (χ0n) is 11.3. The number of rotatable bonds is 6. The van der Waals surface area contributed by atoms with Gasteiger partial charge >= 0.3 is 6.18 Å². The monoisotopic (exact) mass is 317 g/mol. The SMILES string of the molecule is CCNc1cc(OCCc2cccs2)nc(C(F)(F)F)n1. The molecule has 0 saturated heterocycles. The molecule has 4 nitrogen and oxygen atoms in total. The summed E-state index contributed by atoms with van der Waals surface area (Å²) in [7, 11) is 0. The van der Waals surface area contributed by atoms with Crippen molar-refractivity contribution in [1.82, 2.24) is 9.97 Å². The van der Waals surface area contributed by atoms with Gasteiger partial charge in [-0.1, -0.05) is 6.07 Å². The van der Waals surface area contributed by atoms with Crippen molar-refractivity contribution in [2.75, 3.05) is 18.5 Å². The molecule has 0 saturated carbocycles. The molecule has 114 valence electrons. The molecule has 2 rings (SSSR count). The van der Waals surface area contributed by atoms with Crippen molar-refractivity contribution in [1.29, 1.82) is 0 Å². The van der Waals surface area contributed by atoms with Gasteiger partial charge in [-0.25, -0.2) is 4.98 Å². The van der Waals surface area contributed by atoms with Gasteiger partial charge in [0.05, 0.1) is 6.61 Å². The zero-order chi connectivity index (χ0) is 15.3. The van der Waals surface area contributed by atoms with Crippen LogP contribution in [0.25, 0.3) is 0 Å². The van der Waals surface area contributed by atoms with Crippen LogP contribution in [0, 0.1) is 0 Å². The number of halogens is 3. The third kappa shape index (κ3) is 4.59. The number of nitrogens with zero attached hydrogens (tertiary/aromatic N) is 2. The van der Waals surface area contributed by atoms with Gasteiger partial charge in [0, 0.05) is 23.9 Å². The largest absolute Gasteiger partial charge is 0.477 e. The van der Waals surface area contributed by atoms with E-state index in [1.807, 2.05) is 17.5 Å². The number of anilines is 1. The highest BCUT2D eigenvalue weighted by Gasteiger charge is 2.35. The summed E-state index contributed by atoms with van der Waals surface area (Å²) in [4.78, 5) is 7.94. The lowest BCUT2D eigenvalue weighted by Gasteiger charge is -2.11. The van der Waals surface area contributed by atoms with Gasteiger partial charge < -0.3 is 10.1 Å². The van der Waals surface area contributed by atoms with E-state index in [1.165, 1.54) is 6.07 Å². The van der Waals surface area contributed by atoms with Gasteiger partial charge in [-0.05, 0) is 18.4 Å². The first kappa shape index (κ1) is 15.6. The second kappa shape index (κ2) is 6.75. The molecule has 0 aliphatic heterocycles. The first-order valence-electron chi connectivity index (χ1n) is 6.34. The minimum Gasteiger partial charge on any atom is -0.477 e. The fourth-order valence-electron chi connectivity index (χ4n) is 1.61. The van der Waals surface area contributed by atoms with Crippen LogP contribution < -0.4 is 10.1 Å². The Morgan fingerprint density at radius 1 is 1.33 bits per heavy atom. The van der Waals surface area contributed by atoms with Crippen molar-refractivity contribution in [2.45, 2.75) is 19.5 Å². The molecule has 0 bridgehead atoms. The molecule has 0 fully saturated rings. The van der Waals surface area contributed by atoms with Crippen LogP contribution in [-0.2, 0) is 12.6 Å². The van der Waals surface area contributed by atoms with Gasteiger partial charge in [0.15, 0.2) is 0 Å². The predicted octanol–water partition coefficient (Wildman–Crippen LogP) is 3.61. The lowest BCUT2D eigenvalue weighted by Crippen LogP contribution is -2.14. The molecule has 2 aromatic rings. The van der Waals surface area contributed by atoms with Gasteiger partial charge in [-0.2, -0.15) is 18.2 Å². The average molecular weight is 317 g/mol. The number of hydrogen-bond acceptors (Lipinski definition) is 5. The van der Waals surface area contributed by atoms with Crippen molar-refractivity contribution < 1.29 is 17.9 Å². The molecule has 2 heterocycles. The Bertz CT molecular complexity index is 573. The molecule has 0 aromatic carbocycles. The summed E-state index contributed by atoms with van der Waals surface area (Å²) < 4.78 is 43.5. The number of alkyl halides is 3. The molecule has 0 unspecified atom stereocenters. The van der Waals surface area contributed by atoms with E-state index >= 15 is 0 Å². The molecule has 0 aliphatic carbocycles. The number of aromatic nitrogens is 2. The summed E-state index contributed by atoms with van der Waals surface area (Å²) in [6.45, 7) is 2.50. The summed E-state index contributed by atoms with van der Waals surface area (Å²) in [5, 5.41) is 4.67. The quantitative estimate of drug-likeness (QED) is 0.884. The molecular formula is C13H14F3N3OS. The van der Waals surface area contributed by atoms with Crippen LogP contribution >= 0.6 is 11.3 Å². The lowest BCUT2D eigenvalue weighted by molar-refractivity contribution is -0.145. The number of ether oxygens (including phenoxy) is 1. The smallest absolute Gasteiger partial charge is 0.451 e. The second-order valence-electron chi connectivity index (χ2n) is 4.12. The molecule has 0 spiro atoms. The van der Waals surface area contributed by atoms with E-state index in [9.17, 15) is 13.2 Å². The molecule has 0 aliphatic rings. The van der Waals surface area contributed by atoms with E-state index in [4.69, 9.17) is 4.74 Å². The Hall–Kier alpha value is -1.83. The summed E-state index contributed by atoms with van der Waals surface area (Å²) in [6, 6.07) is 5.22. The van der Waals surface area contributed by atoms with Crippen LogP contribution in [0.5, 0.6) is 5.88 Å². The lowest BCUT2D eigenvalue weighted by atomic mass is 10.4. The summed E-state index contributed by atoms with van der Waals surface area (Å²) >= 11 is 1.57. The molecule has 21 heavy (non-hydrogen) atoms. The average Bonchev–Trinajstić information content (AvgIpc) is 2.91.